The summed E-state index contributed by atoms with van der Waals surface area (Å²) in [7, 11) is 0. The first kappa shape index (κ1) is 18.1. The standard InChI is InChI=1S/C19H25N5O2/c1-14(2)24-9-8-20-19(26)17(24)10-18(25)22-16-11-21-23(13-16)12-15-6-4-3-5-7-15/h3-7,11,13-14,17H,8-10,12H2,1-2H3,(H,20,26)(H,22,25). The average molecular weight is 355 g/mol. The number of hydrogen-bond acceptors (Lipinski definition) is 4. The van der Waals surface area contributed by atoms with Crippen LogP contribution in [0.2, 0.25) is 0 Å². The zero-order valence-electron chi connectivity index (χ0n) is 15.2. The van der Waals surface area contributed by atoms with Gasteiger partial charge in [-0.2, -0.15) is 5.10 Å². The van der Waals surface area contributed by atoms with E-state index in [2.05, 4.69) is 20.6 Å². The van der Waals surface area contributed by atoms with Crippen LogP contribution in [0, 0.1) is 0 Å². The lowest BCUT2D eigenvalue weighted by atomic mass is 10.1. The Labute approximate surface area is 153 Å². The first-order valence-electron chi connectivity index (χ1n) is 8.92. The summed E-state index contributed by atoms with van der Waals surface area (Å²) in [6.07, 6.45) is 3.56. The van der Waals surface area contributed by atoms with Gasteiger partial charge in [0.15, 0.2) is 0 Å². The van der Waals surface area contributed by atoms with Crippen molar-refractivity contribution in [2.45, 2.75) is 38.9 Å². The Hall–Kier alpha value is -2.67. The molecule has 138 valence electrons. The van der Waals surface area contributed by atoms with Crippen LogP contribution in [-0.4, -0.2) is 51.7 Å². The van der Waals surface area contributed by atoms with Gasteiger partial charge in [-0.15, -0.1) is 0 Å². The van der Waals surface area contributed by atoms with Crippen molar-refractivity contribution < 1.29 is 9.59 Å². The van der Waals surface area contributed by atoms with Gasteiger partial charge in [-0.05, 0) is 19.4 Å². The molecule has 1 aliphatic rings. The quantitative estimate of drug-likeness (QED) is 0.822. The van der Waals surface area contributed by atoms with Gasteiger partial charge in [0.25, 0.3) is 0 Å². The van der Waals surface area contributed by atoms with Gasteiger partial charge in [0, 0.05) is 25.3 Å². The number of hydrogen-bond donors (Lipinski definition) is 2. The van der Waals surface area contributed by atoms with E-state index >= 15 is 0 Å². The molecule has 1 atom stereocenters. The maximum atomic E-state index is 12.4. The van der Waals surface area contributed by atoms with Crippen molar-refractivity contribution in [2.24, 2.45) is 0 Å². The molecule has 1 fully saturated rings. The Kier molecular flexibility index (Phi) is 5.68. The summed E-state index contributed by atoms with van der Waals surface area (Å²) in [6, 6.07) is 9.79. The molecule has 1 aromatic heterocycles. The first-order valence-corrected chi connectivity index (χ1v) is 8.92. The second kappa shape index (κ2) is 8.14. The summed E-state index contributed by atoms with van der Waals surface area (Å²) < 4.78 is 1.78. The van der Waals surface area contributed by atoms with E-state index in [-0.39, 0.29) is 24.3 Å². The zero-order valence-corrected chi connectivity index (χ0v) is 15.2. The van der Waals surface area contributed by atoms with Crippen molar-refractivity contribution in [3.63, 3.8) is 0 Å². The van der Waals surface area contributed by atoms with Gasteiger partial charge >= 0.3 is 0 Å². The van der Waals surface area contributed by atoms with Crippen molar-refractivity contribution in [3.05, 3.63) is 48.3 Å². The third-order valence-electron chi connectivity index (χ3n) is 4.52. The smallest absolute Gasteiger partial charge is 0.237 e. The molecule has 2 aromatic rings. The lowest BCUT2D eigenvalue weighted by Gasteiger charge is -2.37. The number of carbonyl (C=O) groups excluding carboxylic acids is 2. The van der Waals surface area contributed by atoms with Crippen LogP contribution in [0.15, 0.2) is 42.7 Å². The average Bonchev–Trinajstić information content (AvgIpc) is 3.04. The van der Waals surface area contributed by atoms with Gasteiger partial charge in [0.1, 0.15) is 0 Å². The minimum Gasteiger partial charge on any atom is -0.353 e. The fourth-order valence-corrected chi connectivity index (χ4v) is 3.23. The van der Waals surface area contributed by atoms with Crippen LogP contribution in [-0.2, 0) is 16.1 Å². The summed E-state index contributed by atoms with van der Waals surface area (Å²) in [5.74, 6) is -0.267. The number of piperazine rings is 1. The molecule has 0 saturated carbocycles. The molecule has 2 heterocycles. The molecule has 0 bridgehead atoms. The Bertz CT molecular complexity index is 756. The number of amides is 2. The molecule has 7 heteroatoms. The lowest BCUT2D eigenvalue weighted by molar-refractivity contribution is -0.133. The molecule has 2 amide bonds. The van der Waals surface area contributed by atoms with Crippen molar-refractivity contribution in [1.82, 2.24) is 20.0 Å². The third-order valence-corrected chi connectivity index (χ3v) is 4.52. The highest BCUT2D eigenvalue weighted by molar-refractivity contribution is 5.95. The van der Waals surface area contributed by atoms with E-state index in [1.165, 1.54) is 0 Å². The van der Waals surface area contributed by atoms with E-state index in [4.69, 9.17) is 0 Å². The summed E-state index contributed by atoms with van der Waals surface area (Å²) >= 11 is 0. The molecule has 1 saturated heterocycles. The summed E-state index contributed by atoms with van der Waals surface area (Å²) in [6.45, 7) is 6.11. The van der Waals surface area contributed by atoms with Crippen LogP contribution in [0.25, 0.3) is 0 Å². The summed E-state index contributed by atoms with van der Waals surface area (Å²) in [5, 5.41) is 9.97. The molecule has 0 radical (unpaired) electrons. The van der Waals surface area contributed by atoms with Crippen molar-refractivity contribution in [2.75, 3.05) is 18.4 Å². The van der Waals surface area contributed by atoms with Crippen LogP contribution in [0.1, 0.15) is 25.8 Å². The monoisotopic (exact) mass is 355 g/mol. The van der Waals surface area contributed by atoms with Gasteiger partial charge in [-0.1, -0.05) is 30.3 Å². The van der Waals surface area contributed by atoms with Crippen molar-refractivity contribution in [3.8, 4) is 0 Å². The molecule has 1 aliphatic heterocycles. The van der Waals surface area contributed by atoms with Gasteiger partial charge in [0.2, 0.25) is 11.8 Å². The molecule has 7 nitrogen and oxygen atoms in total. The lowest BCUT2D eigenvalue weighted by Crippen LogP contribution is -2.58. The maximum absolute atomic E-state index is 12.4. The highest BCUT2D eigenvalue weighted by atomic mass is 16.2. The summed E-state index contributed by atoms with van der Waals surface area (Å²) in [4.78, 5) is 26.6. The molecular formula is C19H25N5O2. The number of nitrogens with one attached hydrogen (secondary N) is 2. The summed E-state index contributed by atoms with van der Waals surface area (Å²) in [5.41, 5.74) is 1.78. The predicted octanol–water partition coefficient (Wildman–Crippen LogP) is 1.47. The number of carbonyl (C=O) groups is 2. The number of benzene rings is 1. The Morgan fingerprint density at radius 3 is 2.85 bits per heavy atom. The molecule has 0 aliphatic carbocycles. The van der Waals surface area contributed by atoms with E-state index in [0.29, 0.717) is 18.8 Å². The second-order valence-corrected chi connectivity index (χ2v) is 6.80. The van der Waals surface area contributed by atoms with E-state index in [1.54, 1.807) is 17.1 Å². The zero-order chi connectivity index (χ0) is 18.5. The minimum atomic E-state index is -0.428. The van der Waals surface area contributed by atoms with E-state index < -0.39 is 6.04 Å². The third kappa shape index (κ3) is 4.49. The van der Waals surface area contributed by atoms with Crippen LogP contribution in [0.4, 0.5) is 5.69 Å². The number of rotatable bonds is 6. The Balaban J connectivity index is 1.58. The normalized spacial score (nSPS) is 18.0. The van der Waals surface area contributed by atoms with Crippen LogP contribution < -0.4 is 10.6 Å². The van der Waals surface area contributed by atoms with E-state index in [9.17, 15) is 9.59 Å². The van der Waals surface area contributed by atoms with E-state index in [0.717, 1.165) is 12.1 Å². The van der Waals surface area contributed by atoms with Gasteiger partial charge < -0.3 is 10.6 Å². The number of aromatic nitrogens is 2. The minimum absolute atomic E-state index is 0.0835. The SMILES string of the molecule is CC(C)N1CCNC(=O)C1CC(=O)Nc1cnn(Cc2ccccc2)c1. The van der Waals surface area contributed by atoms with Crippen LogP contribution in [0.5, 0.6) is 0 Å². The first-order chi connectivity index (χ1) is 12.5. The molecule has 0 spiro atoms. The fourth-order valence-electron chi connectivity index (χ4n) is 3.23. The second-order valence-electron chi connectivity index (χ2n) is 6.80. The topological polar surface area (TPSA) is 79.3 Å². The highest BCUT2D eigenvalue weighted by Gasteiger charge is 2.32. The molecule has 1 unspecified atom stereocenters. The largest absolute Gasteiger partial charge is 0.353 e. The Morgan fingerprint density at radius 1 is 1.35 bits per heavy atom. The number of anilines is 1. The van der Waals surface area contributed by atoms with Gasteiger partial charge in [-0.25, -0.2) is 0 Å². The molecule has 2 N–H and O–H groups in total. The van der Waals surface area contributed by atoms with Crippen LogP contribution >= 0.6 is 0 Å². The molecule has 26 heavy (non-hydrogen) atoms. The van der Waals surface area contributed by atoms with E-state index in [1.807, 2.05) is 44.2 Å². The highest BCUT2D eigenvalue weighted by Crippen LogP contribution is 2.14. The molecular weight excluding hydrogens is 330 g/mol. The number of nitrogens with zero attached hydrogens (tertiary/aromatic N) is 3. The Morgan fingerprint density at radius 2 is 2.12 bits per heavy atom. The van der Waals surface area contributed by atoms with Crippen molar-refractivity contribution in [1.29, 1.82) is 0 Å². The molecule has 1 aromatic carbocycles. The van der Waals surface area contributed by atoms with Gasteiger partial charge in [-0.3, -0.25) is 19.2 Å². The molecule has 3 rings (SSSR count). The van der Waals surface area contributed by atoms with Crippen molar-refractivity contribution >= 4 is 17.5 Å². The maximum Gasteiger partial charge on any atom is 0.237 e. The predicted molar refractivity (Wildman–Crippen MR) is 99.7 cm³/mol. The fraction of sp³-hybridized carbons (Fsp3) is 0.421. The van der Waals surface area contributed by atoms with Gasteiger partial charge in [0.05, 0.1) is 30.9 Å². The van der Waals surface area contributed by atoms with Crippen LogP contribution in [0.3, 0.4) is 0 Å².